The van der Waals surface area contributed by atoms with Crippen LogP contribution in [-0.2, 0) is 12.8 Å². The van der Waals surface area contributed by atoms with Crippen molar-refractivity contribution < 1.29 is 4.98 Å². The summed E-state index contributed by atoms with van der Waals surface area (Å²) in [5.41, 5.74) is 8.75. The Morgan fingerprint density at radius 3 is 2.92 bits per heavy atom. The largest absolute Gasteiger partial charge is 0.288 e. The van der Waals surface area contributed by atoms with E-state index in [1.165, 1.54) is 18.4 Å². The highest BCUT2D eigenvalue weighted by atomic mass is 14.8. The predicted octanol–water partition coefficient (Wildman–Crippen LogP) is 0.833. The van der Waals surface area contributed by atoms with Gasteiger partial charge in [-0.05, 0) is 36.8 Å². The van der Waals surface area contributed by atoms with Crippen molar-refractivity contribution in [2.24, 2.45) is 0 Å². The summed E-state index contributed by atoms with van der Waals surface area (Å²) in [6.07, 6.45) is 6.39. The maximum absolute atomic E-state index is 8.92. The fourth-order valence-corrected chi connectivity index (χ4v) is 1.90. The fourth-order valence-electron chi connectivity index (χ4n) is 1.90. The molecule has 0 saturated heterocycles. The normalized spacial score (nSPS) is 14.7. The van der Waals surface area contributed by atoms with Gasteiger partial charge >= 0.3 is 0 Å². The maximum atomic E-state index is 8.92. The first-order valence-corrected chi connectivity index (χ1v) is 4.55. The minimum atomic E-state index is 0.503. The van der Waals surface area contributed by atoms with E-state index >= 15 is 0 Å². The number of hydrogen-bond donors (Lipinski definition) is 1. The second-order valence-electron chi connectivity index (χ2n) is 3.40. The molecular formula is C10H12N3+. The number of fused-ring (bicyclic) bond motifs is 1. The molecule has 1 aromatic rings. The molecule has 0 saturated carbocycles. The van der Waals surface area contributed by atoms with E-state index in [1.807, 2.05) is 6.20 Å². The monoisotopic (exact) mass is 174 g/mol. The molecular weight excluding hydrogens is 162 g/mol. The molecule has 66 valence electrons. The summed E-state index contributed by atoms with van der Waals surface area (Å²) >= 11 is 0. The lowest BCUT2D eigenvalue weighted by atomic mass is 9.90. The molecule has 2 rings (SSSR count). The predicted molar refractivity (Wildman–Crippen MR) is 48.8 cm³/mol. The van der Waals surface area contributed by atoms with E-state index in [0.717, 1.165) is 18.4 Å². The van der Waals surface area contributed by atoms with Crippen LogP contribution in [0, 0.1) is 11.3 Å². The number of anilines is 1. The molecule has 1 heterocycles. The van der Waals surface area contributed by atoms with Crippen molar-refractivity contribution in [2.45, 2.75) is 25.7 Å². The second-order valence-corrected chi connectivity index (χ2v) is 3.40. The van der Waals surface area contributed by atoms with E-state index in [9.17, 15) is 0 Å². The molecule has 3 heteroatoms. The van der Waals surface area contributed by atoms with E-state index in [4.69, 9.17) is 11.0 Å². The van der Waals surface area contributed by atoms with Gasteiger partial charge < -0.3 is 0 Å². The van der Waals surface area contributed by atoms with Gasteiger partial charge in [-0.2, -0.15) is 5.26 Å². The summed E-state index contributed by atoms with van der Waals surface area (Å²) in [4.78, 5) is 2.93. The van der Waals surface area contributed by atoms with Gasteiger partial charge in [-0.1, -0.05) is 0 Å². The van der Waals surface area contributed by atoms with Crippen LogP contribution in [0.1, 0.15) is 29.5 Å². The summed E-state index contributed by atoms with van der Waals surface area (Å²) in [7, 11) is 0. The number of H-pyrrole nitrogens is 1. The van der Waals surface area contributed by atoms with Gasteiger partial charge in [0, 0.05) is 0 Å². The van der Waals surface area contributed by atoms with Crippen molar-refractivity contribution in [1.82, 2.24) is 0 Å². The number of nitrogens with two attached hydrogens (primary N) is 1. The number of rotatable bonds is 0. The zero-order valence-corrected chi connectivity index (χ0v) is 7.43. The lowest BCUT2D eigenvalue weighted by Gasteiger charge is -2.14. The van der Waals surface area contributed by atoms with E-state index in [-0.39, 0.29) is 0 Å². The second kappa shape index (κ2) is 3.06. The molecule has 0 amide bonds. The van der Waals surface area contributed by atoms with Crippen molar-refractivity contribution in [1.29, 1.82) is 5.26 Å². The lowest BCUT2D eigenvalue weighted by Crippen LogP contribution is -2.18. The zero-order chi connectivity index (χ0) is 9.26. The highest BCUT2D eigenvalue weighted by molar-refractivity contribution is 5.52. The van der Waals surface area contributed by atoms with Crippen LogP contribution in [0.2, 0.25) is 0 Å². The number of aromatic nitrogens is 1. The van der Waals surface area contributed by atoms with E-state index in [0.29, 0.717) is 11.4 Å². The highest BCUT2D eigenvalue weighted by Gasteiger charge is 2.18. The first-order chi connectivity index (χ1) is 6.33. The van der Waals surface area contributed by atoms with Gasteiger partial charge in [0.15, 0.2) is 0 Å². The van der Waals surface area contributed by atoms with E-state index < -0.39 is 0 Å². The summed E-state index contributed by atoms with van der Waals surface area (Å²) in [6.45, 7) is 0. The van der Waals surface area contributed by atoms with Crippen molar-refractivity contribution in [3.8, 4) is 6.07 Å². The Labute approximate surface area is 77.2 Å². The third-order valence-corrected chi connectivity index (χ3v) is 2.60. The quantitative estimate of drug-likeness (QED) is 0.633. The number of nitrogen functional groups attached to an aromatic ring is 1. The molecule has 0 aliphatic heterocycles. The van der Waals surface area contributed by atoms with Crippen molar-refractivity contribution >= 4 is 5.82 Å². The number of nitriles is 1. The Bertz CT molecular complexity index is 376. The molecule has 0 bridgehead atoms. The number of aromatic amines is 1. The van der Waals surface area contributed by atoms with Crippen LogP contribution >= 0.6 is 0 Å². The Balaban J connectivity index is 2.60. The Morgan fingerprint density at radius 2 is 2.15 bits per heavy atom. The molecule has 3 N–H and O–H groups in total. The first-order valence-electron chi connectivity index (χ1n) is 4.55. The number of nitrogens with zero attached hydrogens (tertiary/aromatic N) is 1. The SMILES string of the molecule is N#Cc1c(N)[nH+]cc2c1CCCC2. The van der Waals surface area contributed by atoms with Crippen molar-refractivity contribution in [3.05, 3.63) is 22.9 Å². The molecule has 1 aliphatic carbocycles. The summed E-state index contributed by atoms with van der Waals surface area (Å²) in [5, 5.41) is 8.92. The zero-order valence-electron chi connectivity index (χ0n) is 7.43. The average Bonchev–Trinajstić information content (AvgIpc) is 2.18. The molecule has 13 heavy (non-hydrogen) atoms. The van der Waals surface area contributed by atoms with Gasteiger partial charge in [0.1, 0.15) is 11.6 Å². The van der Waals surface area contributed by atoms with Crippen LogP contribution in [0.15, 0.2) is 6.20 Å². The van der Waals surface area contributed by atoms with Crippen LogP contribution in [0.5, 0.6) is 0 Å². The fraction of sp³-hybridized carbons (Fsp3) is 0.400. The first kappa shape index (κ1) is 8.06. The van der Waals surface area contributed by atoms with Gasteiger partial charge in [-0.25, -0.2) is 4.98 Å². The van der Waals surface area contributed by atoms with Gasteiger partial charge in [0.25, 0.3) is 5.82 Å². The molecule has 0 unspecified atom stereocenters. The lowest BCUT2D eigenvalue weighted by molar-refractivity contribution is -0.361. The molecule has 1 aliphatic rings. The Morgan fingerprint density at radius 1 is 1.38 bits per heavy atom. The number of pyridine rings is 1. The molecule has 0 fully saturated rings. The van der Waals surface area contributed by atoms with Crippen LogP contribution in [0.25, 0.3) is 0 Å². The van der Waals surface area contributed by atoms with Gasteiger partial charge in [0.05, 0.1) is 6.20 Å². The van der Waals surface area contributed by atoms with Crippen molar-refractivity contribution in [3.63, 3.8) is 0 Å². The summed E-state index contributed by atoms with van der Waals surface area (Å²) in [5.74, 6) is 0.503. The van der Waals surface area contributed by atoms with Crippen LogP contribution < -0.4 is 10.7 Å². The van der Waals surface area contributed by atoms with Crippen molar-refractivity contribution in [2.75, 3.05) is 5.73 Å². The minimum absolute atomic E-state index is 0.503. The average molecular weight is 174 g/mol. The topological polar surface area (TPSA) is 64.0 Å². The third kappa shape index (κ3) is 1.25. The van der Waals surface area contributed by atoms with Gasteiger partial charge in [-0.3, -0.25) is 5.73 Å². The van der Waals surface area contributed by atoms with Gasteiger partial charge in [-0.15, -0.1) is 0 Å². The molecule has 0 radical (unpaired) electrons. The minimum Gasteiger partial charge on any atom is -0.286 e. The van der Waals surface area contributed by atoms with Crippen LogP contribution in [-0.4, -0.2) is 0 Å². The Hall–Kier alpha value is -1.56. The van der Waals surface area contributed by atoms with Crippen LogP contribution in [0.3, 0.4) is 0 Å². The molecule has 0 aromatic carbocycles. The number of aryl methyl sites for hydroxylation is 1. The number of nitrogens with one attached hydrogen (secondary N) is 1. The Kier molecular flexibility index (Phi) is 1.90. The molecule has 0 spiro atoms. The maximum Gasteiger partial charge on any atom is 0.288 e. The molecule has 0 atom stereocenters. The standard InChI is InChI=1S/C10H11N3/c11-5-9-8-4-2-1-3-7(8)6-13-10(9)12/h6H,1-4H2,(H2,12,13)/p+1. The number of hydrogen-bond acceptors (Lipinski definition) is 2. The highest BCUT2D eigenvalue weighted by Crippen LogP contribution is 2.24. The third-order valence-electron chi connectivity index (χ3n) is 2.60. The molecule has 3 nitrogen and oxygen atoms in total. The van der Waals surface area contributed by atoms with E-state index in [1.54, 1.807) is 0 Å². The summed E-state index contributed by atoms with van der Waals surface area (Å²) in [6, 6.07) is 2.17. The summed E-state index contributed by atoms with van der Waals surface area (Å²) < 4.78 is 0. The van der Waals surface area contributed by atoms with E-state index in [2.05, 4.69) is 11.1 Å². The van der Waals surface area contributed by atoms with Gasteiger partial charge in [0.2, 0.25) is 0 Å². The molecule has 1 aromatic heterocycles. The van der Waals surface area contributed by atoms with Crippen LogP contribution in [0.4, 0.5) is 5.82 Å². The smallest absolute Gasteiger partial charge is 0.286 e.